The number of hydrogen-bond acceptors (Lipinski definition) is 5. The summed E-state index contributed by atoms with van der Waals surface area (Å²) in [5, 5.41) is 2.60. The average Bonchev–Trinajstić information content (AvgIpc) is 2.56. The number of hydrogen-bond donors (Lipinski definition) is 1. The summed E-state index contributed by atoms with van der Waals surface area (Å²) in [6, 6.07) is 8.80. The van der Waals surface area contributed by atoms with Gasteiger partial charge in [0.05, 0.1) is 5.69 Å². The number of benzene rings is 1. The van der Waals surface area contributed by atoms with Gasteiger partial charge in [0.25, 0.3) is 5.91 Å². The minimum Gasteiger partial charge on any atom is -0.479 e. The van der Waals surface area contributed by atoms with Crippen LogP contribution in [0.1, 0.15) is 6.92 Å². The molecular weight excluding hydrogens is 339 g/mol. The van der Waals surface area contributed by atoms with Crippen LogP contribution < -0.4 is 10.1 Å². The topological polar surface area (TPSA) is 77.5 Å². The first-order valence-corrected chi connectivity index (χ1v) is 7.33. The predicted octanol–water partition coefficient (Wildman–Crippen LogP) is 2.82. The number of esters is 1. The fraction of sp³-hybridized carbons (Fsp3) is 0.188. The Bertz CT molecular complexity index is 742. The number of carbonyl (C=O) groups excluding carboxylic acids is 2. The molecule has 2 rings (SSSR count). The van der Waals surface area contributed by atoms with Crippen LogP contribution in [0.2, 0.25) is 5.15 Å². The molecular formula is C16H14ClFN2O4. The van der Waals surface area contributed by atoms with Crippen molar-refractivity contribution in [3.63, 3.8) is 0 Å². The first-order chi connectivity index (χ1) is 11.5. The lowest BCUT2D eigenvalue weighted by Gasteiger charge is -2.14. The number of pyridine rings is 1. The summed E-state index contributed by atoms with van der Waals surface area (Å²) in [5.41, 5.74) is 0.301. The average molecular weight is 353 g/mol. The predicted molar refractivity (Wildman–Crippen MR) is 85.3 cm³/mol. The molecule has 1 atom stereocenters. The Kier molecular flexibility index (Phi) is 6.08. The smallest absolute Gasteiger partial charge is 0.344 e. The number of halogens is 2. The fourth-order valence-electron chi connectivity index (χ4n) is 1.70. The van der Waals surface area contributed by atoms with Gasteiger partial charge in [-0.1, -0.05) is 23.7 Å². The number of para-hydroxylation sites is 1. The minimum absolute atomic E-state index is 0.0753. The van der Waals surface area contributed by atoms with Gasteiger partial charge in [0.2, 0.25) is 0 Å². The Morgan fingerprint density at radius 2 is 2.04 bits per heavy atom. The number of nitrogens with zero attached hydrogens (tertiary/aromatic N) is 1. The zero-order valence-electron chi connectivity index (χ0n) is 12.7. The van der Waals surface area contributed by atoms with Gasteiger partial charge in [-0.3, -0.25) is 4.79 Å². The van der Waals surface area contributed by atoms with Gasteiger partial charge in [0.15, 0.2) is 29.4 Å². The van der Waals surface area contributed by atoms with Crippen molar-refractivity contribution in [2.75, 3.05) is 11.9 Å². The molecule has 0 spiro atoms. The molecule has 0 aliphatic heterocycles. The summed E-state index contributed by atoms with van der Waals surface area (Å²) in [4.78, 5) is 27.4. The van der Waals surface area contributed by atoms with E-state index in [1.807, 2.05) is 0 Å². The number of amides is 1. The molecule has 24 heavy (non-hydrogen) atoms. The number of nitrogens with one attached hydrogen (secondary N) is 1. The molecule has 1 unspecified atom stereocenters. The maximum atomic E-state index is 13.4. The van der Waals surface area contributed by atoms with E-state index in [-0.39, 0.29) is 10.9 Å². The summed E-state index contributed by atoms with van der Waals surface area (Å²) in [6.45, 7) is 0.868. The van der Waals surface area contributed by atoms with Crippen LogP contribution >= 0.6 is 11.6 Å². The van der Waals surface area contributed by atoms with Crippen molar-refractivity contribution < 1.29 is 23.5 Å². The van der Waals surface area contributed by atoms with Crippen LogP contribution in [0.4, 0.5) is 10.1 Å². The Balaban J connectivity index is 1.84. The third-order valence-corrected chi connectivity index (χ3v) is 3.18. The van der Waals surface area contributed by atoms with Crippen molar-refractivity contribution >= 4 is 29.2 Å². The number of ether oxygens (including phenoxy) is 2. The van der Waals surface area contributed by atoms with Crippen molar-refractivity contribution in [2.45, 2.75) is 13.0 Å². The van der Waals surface area contributed by atoms with E-state index in [1.165, 1.54) is 31.3 Å². The summed E-state index contributed by atoms with van der Waals surface area (Å²) in [7, 11) is 0. The van der Waals surface area contributed by atoms with Crippen LogP contribution in [0.3, 0.4) is 0 Å². The standard InChI is InChI=1S/C16H14ClFN2O4/c1-10(16(22)20-12-6-4-8-19-15(12)17)24-14(21)9-23-13-7-3-2-5-11(13)18/h2-8,10H,9H2,1H3,(H,20,22). The van der Waals surface area contributed by atoms with Gasteiger partial charge >= 0.3 is 5.97 Å². The highest BCUT2D eigenvalue weighted by molar-refractivity contribution is 6.32. The largest absolute Gasteiger partial charge is 0.479 e. The highest BCUT2D eigenvalue weighted by atomic mass is 35.5. The molecule has 0 bridgehead atoms. The maximum absolute atomic E-state index is 13.4. The SMILES string of the molecule is CC(OC(=O)COc1ccccc1F)C(=O)Nc1cccnc1Cl. The van der Waals surface area contributed by atoms with E-state index in [0.29, 0.717) is 5.69 Å². The van der Waals surface area contributed by atoms with Crippen molar-refractivity contribution in [2.24, 2.45) is 0 Å². The second-order valence-corrected chi connectivity index (χ2v) is 5.04. The van der Waals surface area contributed by atoms with Crippen LogP contribution in [0.5, 0.6) is 5.75 Å². The number of anilines is 1. The van der Waals surface area contributed by atoms with Crippen molar-refractivity contribution in [3.8, 4) is 5.75 Å². The lowest BCUT2D eigenvalue weighted by molar-refractivity contribution is -0.155. The summed E-state index contributed by atoms with van der Waals surface area (Å²) in [5.74, 6) is -2.06. The van der Waals surface area contributed by atoms with Gasteiger partial charge < -0.3 is 14.8 Å². The normalized spacial score (nSPS) is 11.5. The molecule has 1 heterocycles. The van der Waals surface area contributed by atoms with E-state index in [4.69, 9.17) is 21.1 Å². The number of rotatable bonds is 6. The highest BCUT2D eigenvalue weighted by Crippen LogP contribution is 2.18. The molecule has 0 saturated carbocycles. The van der Waals surface area contributed by atoms with Gasteiger partial charge in [0.1, 0.15) is 0 Å². The number of aromatic nitrogens is 1. The molecule has 0 radical (unpaired) electrons. The molecule has 6 nitrogen and oxygen atoms in total. The molecule has 1 aromatic heterocycles. The molecule has 0 aliphatic rings. The maximum Gasteiger partial charge on any atom is 0.344 e. The van der Waals surface area contributed by atoms with E-state index in [9.17, 15) is 14.0 Å². The fourth-order valence-corrected chi connectivity index (χ4v) is 1.86. The Morgan fingerprint density at radius 3 is 2.75 bits per heavy atom. The molecule has 0 saturated heterocycles. The second kappa shape index (κ2) is 8.26. The van der Waals surface area contributed by atoms with Gasteiger partial charge in [-0.25, -0.2) is 14.2 Å². The van der Waals surface area contributed by atoms with E-state index >= 15 is 0 Å². The lowest BCUT2D eigenvalue weighted by atomic mass is 10.3. The molecule has 1 amide bonds. The Morgan fingerprint density at radius 1 is 1.29 bits per heavy atom. The minimum atomic E-state index is -1.09. The van der Waals surface area contributed by atoms with Crippen LogP contribution in [0.25, 0.3) is 0 Å². The molecule has 1 aromatic carbocycles. The van der Waals surface area contributed by atoms with E-state index in [1.54, 1.807) is 18.2 Å². The molecule has 8 heteroatoms. The molecule has 2 aromatic rings. The first-order valence-electron chi connectivity index (χ1n) is 6.95. The van der Waals surface area contributed by atoms with Crippen molar-refractivity contribution in [3.05, 3.63) is 53.6 Å². The van der Waals surface area contributed by atoms with E-state index in [0.717, 1.165) is 0 Å². The number of carbonyl (C=O) groups is 2. The van der Waals surface area contributed by atoms with E-state index < -0.39 is 30.4 Å². The third-order valence-electron chi connectivity index (χ3n) is 2.88. The molecule has 126 valence electrons. The van der Waals surface area contributed by atoms with Gasteiger partial charge in [0, 0.05) is 6.20 Å². The summed E-state index contributed by atoms with van der Waals surface area (Å²) >= 11 is 5.82. The van der Waals surface area contributed by atoms with Crippen LogP contribution in [0.15, 0.2) is 42.6 Å². The van der Waals surface area contributed by atoms with Crippen molar-refractivity contribution in [1.29, 1.82) is 0 Å². The quantitative estimate of drug-likeness (QED) is 0.639. The van der Waals surface area contributed by atoms with Crippen LogP contribution in [-0.4, -0.2) is 29.6 Å². The van der Waals surface area contributed by atoms with Gasteiger partial charge in [-0.2, -0.15) is 0 Å². The Hall–Kier alpha value is -2.67. The zero-order chi connectivity index (χ0) is 17.5. The van der Waals surface area contributed by atoms with E-state index in [2.05, 4.69) is 10.3 Å². The Labute approximate surface area is 142 Å². The molecule has 0 aliphatic carbocycles. The van der Waals surface area contributed by atoms with Gasteiger partial charge in [-0.15, -0.1) is 0 Å². The highest BCUT2D eigenvalue weighted by Gasteiger charge is 2.19. The van der Waals surface area contributed by atoms with Crippen LogP contribution in [-0.2, 0) is 14.3 Å². The lowest BCUT2D eigenvalue weighted by Crippen LogP contribution is -2.31. The van der Waals surface area contributed by atoms with Crippen LogP contribution in [0, 0.1) is 5.82 Å². The molecule has 0 fully saturated rings. The molecule has 1 N–H and O–H groups in total. The summed E-state index contributed by atoms with van der Waals surface area (Å²) in [6.07, 6.45) is 0.389. The summed E-state index contributed by atoms with van der Waals surface area (Å²) < 4.78 is 23.3. The second-order valence-electron chi connectivity index (χ2n) is 4.68. The zero-order valence-corrected chi connectivity index (χ0v) is 13.4. The first kappa shape index (κ1) is 17.7. The third kappa shape index (κ3) is 4.92. The van der Waals surface area contributed by atoms with Crippen molar-refractivity contribution in [1.82, 2.24) is 4.98 Å². The van der Waals surface area contributed by atoms with Gasteiger partial charge in [-0.05, 0) is 31.2 Å². The monoisotopic (exact) mass is 352 g/mol.